The van der Waals surface area contributed by atoms with Crippen molar-refractivity contribution < 1.29 is 0 Å². The lowest BCUT2D eigenvalue weighted by molar-refractivity contribution is 0.612. The first-order valence-corrected chi connectivity index (χ1v) is 6.19. The van der Waals surface area contributed by atoms with Crippen LogP contribution in [0, 0.1) is 0 Å². The smallest absolute Gasteiger partial charge is 0.225 e. The lowest BCUT2D eigenvalue weighted by Crippen LogP contribution is -2.45. The van der Waals surface area contributed by atoms with Crippen molar-refractivity contribution in [1.29, 1.82) is 0 Å². The van der Waals surface area contributed by atoms with Crippen LogP contribution in [0.3, 0.4) is 0 Å². The fraction of sp³-hybridized carbons (Fsp3) is 0.600. The van der Waals surface area contributed by atoms with Gasteiger partial charge in [0.1, 0.15) is 0 Å². The topological polar surface area (TPSA) is 55.0 Å². The monoisotopic (exact) mass is 224 g/mol. The number of rotatable bonds is 1. The van der Waals surface area contributed by atoms with Gasteiger partial charge in [0, 0.05) is 23.6 Å². The van der Waals surface area contributed by atoms with Gasteiger partial charge in [0.2, 0.25) is 5.95 Å². The minimum atomic E-state index is 0.479. The molecular formula is C10H16N4S. The van der Waals surface area contributed by atoms with Gasteiger partial charge in [0.15, 0.2) is 0 Å². The maximum atomic E-state index is 5.57. The third-order valence-corrected chi connectivity index (χ3v) is 4.14. The summed E-state index contributed by atoms with van der Waals surface area (Å²) in [4.78, 5) is 10.8. The summed E-state index contributed by atoms with van der Waals surface area (Å²) in [5.74, 6) is 1.93. The molecule has 1 saturated heterocycles. The summed E-state index contributed by atoms with van der Waals surface area (Å²) in [7, 11) is 0. The molecule has 4 nitrogen and oxygen atoms in total. The number of thioether (sulfide) groups is 1. The molecule has 1 aliphatic rings. The Morgan fingerprint density at radius 2 is 2.07 bits per heavy atom. The van der Waals surface area contributed by atoms with Gasteiger partial charge >= 0.3 is 0 Å². The molecule has 2 rings (SSSR count). The Kier molecular flexibility index (Phi) is 3.00. The second kappa shape index (κ2) is 4.26. The molecule has 2 heterocycles. The highest BCUT2D eigenvalue weighted by Gasteiger charge is 2.26. The molecule has 1 fully saturated rings. The van der Waals surface area contributed by atoms with E-state index in [0.717, 1.165) is 18.2 Å². The van der Waals surface area contributed by atoms with Crippen molar-refractivity contribution in [2.75, 3.05) is 22.9 Å². The third-order valence-electron chi connectivity index (χ3n) is 2.80. The van der Waals surface area contributed by atoms with Gasteiger partial charge < -0.3 is 10.6 Å². The lowest BCUT2D eigenvalue weighted by Gasteiger charge is -2.37. The normalized spacial score (nSPS) is 26.7. The molecule has 5 heteroatoms. The number of nitrogens with two attached hydrogens (primary N) is 1. The van der Waals surface area contributed by atoms with Crippen molar-refractivity contribution in [1.82, 2.24) is 9.97 Å². The Hall–Kier alpha value is -0.970. The van der Waals surface area contributed by atoms with Crippen LogP contribution >= 0.6 is 11.8 Å². The molecule has 1 aromatic heterocycles. The fourth-order valence-electron chi connectivity index (χ4n) is 1.69. The molecule has 0 radical (unpaired) electrons. The zero-order valence-corrected chi connectivity index (χ0v) is 9.87. The van der Waals surface area contributed by atoms with Crippen LogP contribution in [0.1, 0.15) is 13.8 Å². The Bertz CT molecular complexity index is 327. The first-order chi connectivity index (χ1) is 7.18. The van der Waals surface area contributed by atoms with E-state index < -0.39 is 0 Å². The summed E-state index contributed by atoms with van der Waals surface area (Å²) in [6.07, 6.45) is 3.34. The Morgan fingerprint density at radius 1 is 1.40 bits per heavy atom. The molecule has 0 saturated carbocycles. The summed E-state index contributed by atoms with van der Waals surface area (Å²) in [5, 5.41) is 0.625. The van der Waals surface area contributed by atoms with Crippen LogP contribution in [-0.4, -0.2) is 33.6 Å². The molecule has 2 N–H and O–H groups in total. The molecule has 1 aliphatic heterocycles. The van der Waals surface area contributed by atoms with E-state index in [0.29, 0.717) is 17.0 Å². The average Bonchev–Trinajstić information content (AvgIpc) is 2.24. The molecule has 2 unspecified atom stereocenters. The van der Waals surface area contributed by atoms with E-state index >= 15 is 0 Å². The molecular weight excluding hydrogens is 208 g/mol. The molecule has 0 aromatic carbocycles. The van der Waals surface area contributed by atoms with Crippen LogP contribution in [0.5, 0.6) is 0 Å². The summed E-state index contributed by atoms with van der Waals surface area (Å²) in [6.45, 7) is 5.48. The van der Waals surface area contributed by atoms with Crippen LogP contribution in [0.2, 0.25) is 0 Å². The van der Waals surface area contributed by atoms with Crippen molar-refractivity contribution in [3.63, 3.8) is 0 Å². The van der Waals surface area contributed by atoms with Crippen LogP contribution in [0.15, 0.2) is 12.4 Å². The lowest BCUT2D eigenvalue weighted by atomic mass is 10.2. The van der Waals surface area contributed by atoms with Gasteiger partial charge in [-0.3, -0.25) is 0 Å². The Balaban J connectivity index is 2.18. The van der Waals surface area contributed by atoms with E-state index in [-0.39, 0.29) is 0 Å². The Morgan fingerprint density at radius 3 is 2.73 bits per heavy atom. The van der Waals surface area contributed by atoms with Crippen LogP contribution in [-0.2, 0) is 0 Å². The minimum absolute atomic E-state index is 0.479. The van der Waals surface area contributed by atoms with Gasteiger partial charge in [-0.2, -0.15) is 11.8 Å². The molecule has 0 amide bonds. The van der Waals surface area contributed by atoms with E-state index in [1.807, 2.05) is 11.8 Å². The van der Waals surface area contributed by atoms with E-state index in [1.54, 1.807) is 12.4 Å². The fourth-order valence-corrected chi connectivity index (χ4v) is 2.79. The van der Waals surface area contributed by atoms with E-state index in [2.05, 4.69) is 28.7 Å². The van der Waals surface area contributed by atoms with Gasteiger partial charge in [-0.25, -0.2) is 9.97 Å². The van der Waals surface area contributed by atoms with Crippen LogP contribution in [0.4, 0.5) is 11.6 Å². The zero-order valence-electron chi connectivity index (χ0n) is 9.05. The number of nitrogens with zero attached hydrogens (tertiary/aromatic N) is 3. The summed E-state index contributed by atoms with van der Waals surface area (Å²) < 4.78 is 0. The second-order valence-electron chi connectivity index (χ2n) is 3.83. The maximum absolute atomic E-state index is 5.57. The first-order valence-electron chi connectivity index (χ1n) is 5.14. The summed E-state index contributed by atoms with van der Waals surface area (Å²) in [6, 6.07) is 0.479. The number of anilines is 2. The summed E-state index contributed by atoms with van der Waals surface area (Å²) in [5.41, 5.74) is 6.19. The van der Waals surface area contributed by atoms with E-state index in [9.17, 15) is 0 Å². The van der Waals surface area contributed by atoms with Crippen LogP contribution in [0.25, 0.3) is 0 Å². The van der Waals surface area contributed by atoms with Gasteiger partial charge in [-0.05, 0) is 6.92 Å². The predicted octanol–water partition coefficient (Wildman–Crippen LogP) is 1.39. The first kappa shape index (κ1) is 10.5. The van der Waals surface area contributed by atoms with Crippen molar-refractivity contribution >= 4 is 23.4 Å². The average molecular weight is 224 g/mol. The van der Waals surface area contributed by atoms with Gasteiger partial charge in [0.05, 0.1) is 18.1 Å². The van der Waals surface area contributed by atoms with E-state index in [4.69, 9.17) is 5.73 Å². The largest absolute Gasteiger partial charge is 0.396 e. The van der Waals surface area contributed by atoms with Crippen LogP contribution < -0.4 is 10.6 Å². The van der Waals surface area contributed by atoms with Crippen molar-refractivity contribution in [3.05, 3.63) is 12.4 Å². The van der Waals surface area contributed by atoms with E-state index in [1.165, 1.54) is 0 Å². The predicted molar refractivity (Wildman–Crippen MR) is 65.2 cm³/mol. The minimum Gasteiger partial charge on any atom is -0.396 e. The number of hydrogen-bond acceptors (Lipinski definition) is 5. The highest BCUT2D eigenvalue weighted by Crippen LogP contribution is 2.26. The molecule has 0 aliphatic carbocycles. The van der Waals surface area contributed by atoms with Crippen molar-refractivity contribution in [3.8, 4) is 0 Å². The highest BCUT2D eigenvalue weighted by atomic mass is 32.2. The number of hydrogen-bond donors (Lipinski definition) is 1. The zero-order chi connectivity index (χ0) is 10.8. The SMILES string of the molecule is CC1SCCN(c2ncc(N)cn2)C1C. The molecule has 0 bridgehead atoms. The summed E-state index contributed by atoms with van der Waals surface area (Å²) >= 11 is 2.01. The third kappa shape index (κ3) is 2.17. The van der Waals surface area contributed by atoms with Gasteiger partial charge in [-0.15, -0.1) is 0 Å². The molecule has 0 spiro atoms. The number of aromatic nitrogens is 2. The molecule has 15 heavy (non-hydrogen) atoms. The van der Waals surface area contributed by atoms with Gasteiger partial charge in [0.25, 0.3) is 0 Å². The van der Waals surface area contributed by atoms with Crippen molar-refractivity contribution in [2.24, 2.45) is 0 Å². The van der Waals surface area contributed by atoms with Crippen molar-refractivity contribution in [2.45, 2.75) is 25.1 Å². The number of nitrogen functional groups attached to an aromatic ring is 1. The maximum Gasteiger partial charge on any atom is 0.225 e. The molecule has 1 aromatic rings. The highest BCUT2D eigenvalue weighted by molar-refractivity contribution is 8.00. The van der Waals surface area contributed by atoms with Gasteiger partial charge in [-0.1, -0.05) is 6.92 Å². The standard InChI is InChI=1S/C10H16N4S/c1-7-8(2)15-4-3-14(7)10-12-5-9(11)6-13-10/h5-8H,3-4,11H2,1-2H3. The Labute approximate surface area is 94.3 Å². The molecule has 2 atom stereocenters. The second-order valence-corrected chi connectivity index (χ2v) is 5.31. The quantitative estimate of drug-likeness (QED) is 0.781. The molecule has 82 valence electrons.